The highest BCUT2D eigenvalue weighted by Gasteiger charge is 2.29. The fourth-order valence-electron chi connectivity index (χ4n) is 2.20. The average molecular weight is 367 g/mol. The molecule has 0 aliphatic carbocycles. The number of thioether (sulfide) groups is 1. The smallest absolute Gasteiger partial charge is 0.355 e. The average Bonchev–Trinajstić information content (AvgIpc) is 2.56. The lowest BCUT2D eigenvalue weighted by atomic mass is 10.1. The van der Waals surface area contributed by atoms with E-state index in [-0.39, 0.29) is 12.3 Å². The summed E-state index contributed by atoms with van der Waals surface area (Å²) in [4.78, 5) is 11.8. The Morgan fingerprint density at radius 3 is 2.20 bits per heavy atom. The number of hydrogen-bond acceptors (Lipinski definition) is 2. The Balaban J connectivity index is 1.66. The zero-order valence-corrected chi connectivity index (χ0v) is 14.7. The second kappa shape index (κ2) is 8.94. The fraction of sp³-hybridized carbons (Fsp3) is 0.316. The molecule has 2 aromatic rings. The van der Waals surface area contributed by atoms with E-state index in [1.54, 1.807) is 11.8 Å². The molecule has 0 aromatic heterocycles. The van der Waals surface area contributed by atoms with Gasteiger partial charge in [-0.3, -0.25) is 4.79 Å². The van der Waals surface area contributed by atoms with E-state index >= 15 is 0 Å². The minimum Gasteiger partial charge on any atom is -0.355 e. The molecule has 0 spiro atoms. The zero-order valence-electron chi connectivity index (χ0n) is 13.9. The Morgan fingerprint density at radius 1 is 1.00 bits per heavy atom. The van der Waals surface area contributed by atoms with Gasteiger partial charge in [-0.1, -0.05) is 42.0 Å². The lowest BCUT2D eigenvalue weighted by Crippen LogP contribution is -2.27. The summed E-state index contributed by atoms with van der Waals surface area (Å²) in [6.45, 7) is 2.58. The first-order valence-corrected chi connectivity index (χ1v) is 9.06. The summed E-state index contributed by atoms with van der Waals surface area (Å²) in [5, 5.41) is 2.79. The molecule has 1 N–H and O–H groups in total. The summed E-state index contributed by atoms with van der Waals surface area (Å²) in [6, 6.07) is 13.0. The summed E-state index contributed by atoms with van der Waals surface area (Å²) in [5.74, 6) is 1.48. The number of carbonyl (C=O) groups excluding carboxylic acids is 1. The molecule has 25 heavy (non-hydrogen) atoms. The molecule has 6 heteroatoms. The molecule has 0 heterocycles. The third-order valence-electron chi connectivity index (χ3n) is 3.60. The van der Waals surface area contributed by atoms with E-state index < -0.39 is 11.7 Å². The standard InChI is InChI=1S/C19H20F3NOS/c1-14-2-4-16(5-3-14)13-25-11-10-23-18(24)12-15-6-8-17(9-7-15)19(20,21)22/h2-9H,10-13H2,1H3,(H,23,24). The minimum atomic E-state index is -4.35. The molecular weight excluding hydrogens is 347 g/mol. The maximum absolute atomic E-state index is 12.5. The van der Waals surface area contributed by atoms with Gasteiger partial charge in [-0.15, -0.1) is 0 Å². The number of carbonyl (C=O) groups is 1. The lowest BCUT2D eigenvalue weighted by molar-refractivity contribution is -0.137. The second-order valence-corrected chi connectivity index (χ2v) is 6.86. The summed E-state index contributed by atoms with van der Waals surface area (Å²) < 4.78 is 37.4. The number of amides is 1. The van der Waals surface area contributed by atoms with Gasteiger partial charge in [0.25, 0.3) is 0 Å². The van der Waals surface area contributed by atoms with E-state index in [2.05, 4.69) is 29.6 Å². The molecule has 0 aliphatic rings. The number of hydrogen-bond donors (Lipinski definition) is 1. The molecule has 0 atom stereocenters. The van der Waals surface area contributed by atoms with Crippen molar-refractivity contribution in [1.82, 2.24) is 5.32 Å². The first kappa shape index (κ1) is 19.4. The summed E-state index contributed by atoms with van der Waals surface area (Å²) in [7, 11) is 0. The van der Waals surface area contributed by atoms with Crippen LogP contribution in [0.3, 0.4) is 0 Å². The number of benzene rings is 2. The highest BCUT2D eigenvalue weighted by molar-refractivity contribution is 7.98. The molecular formula is C19H20F3NOS. The molecule has 0 fully saturated rings. The normalized spacial score (nSPS) is 11.4. The Hall–Kier alpha value is -1.95. The van der Waals surface area contributed by atoms with Crippen molar-refractivity contribution >= 4 is 17.7 Å². The molecule has 0 bridgehead atoms. The highest BCUT2D eigenvalue weighted by atomic mass is 32.2. The summed E-state index contributed by atoms with van der Waals surface area (Å²) >= 11 is 1.73. The molecule has 0 unspecified atom stereocenters. The van der Waals surface area contributed by atoms with Crippen LogP contribution in [-0.4, -0.2) is 18.2 Å². The molecule has 2 nitrogen and oxygen atoms in total. The topological polar surface area (TPSA) is 29.1 Å². The van der Waals surface area contributed by atoms with Crippen LogP contribution in [0.15, 0.2) is 48.5 Å². The molecule has 0 aliphatic heterocycles. The van der Waals surface area contributed by atoms with Crippen LogP contribution in [0.2, 0.25) is 0 Å². The quantitative estimate of drug-likeness (QED) is 0.725. The van der Waals surface area contributed by atoms with Crippen molar-refractivity contribution in [2.45, 2.75) is 25.3 Å². The van der Waals surface area contributed by atoms with Gasteiger partial charge in [0.2, 0.25) is 5.91 Å². The fourth-order valence-corrected chi connectivity index (χ4v) is 3.02. The third kappa shape index (κ3) is 6.82. The van der Waals surface area contributed by atoms with Crippen molar-refractivity contribution in [3.63, 3.8) is 0 Å². The van der Waals surface area contributed by atoms with Crippen molar-refractivity contribution < 1.29 is 18.0 Å². The van der Waals surface area contributed by atoms with Gasteiger partial charge in [0, 0.05) is 18.1 Å². The predicted molar refractivity (Wildman–Crippen MR) is 95.5 cm³/mol. The highest BCUT2D eigenvalue weighted by Crippen LogP contribution is 2.29. The van der Waals surface area contributed by atoms with Crippen LogP contribution in [0, 0.1) is 6.92 Å². The van der Waals surface area contributed by atoms with E-state index in [0.717, 1.165) is 23.6 Å². The minimum absolute atomic E-state index is 0.0841. The number of halogens is 3. The molecule has 0 radical (unpaired) electrons. The molecule has 1 amide bonds. The van der Waals surface area contributed by atoms with Gasteiger partial charge in [-0.25, -0.2) is 0 Å². The Labute approximate surface area is 149 Å². The number of aryl methyl sites for hydroxylation is 1. The lowest BCUT2D eigenvalue weighted by Gasteiger charge is -2.08. The van der Waals surface area contributed by atoms with Crippen LogP contribution >= 0.6 is 11.8 Å². The Morgan fingerprint density at radius 2 is 1.60 bits per heavy atom. The van der Waals surface area contributed by atoms with Gasteiger partial charge in [0.05, 0.1) is 12.0 Å². The van der Waals surface area contributed by atoms with E-state index in [4.69, 9.17) is 0 Å². The van der Waals surface area contributed by atoms with Crippen molar-refractivity contribution in [3.8, 4) is 0 Å². The first-order chi connectivity index (χ1) is 11.8. The molecule has 2 aromatic carbocycles. The number of alkyl halides is 3. The van der Waals surface area contributed by atoms with Crippen molar-refractivity contribution in [3.05, 3.63) is 70.8 Å². The maximum atomic E-state index is 12.5. The molecule has 0 saturated carbocycles. The van der Waals surface area contributed by atoms with E-state index in [0.29, 0.717) is 12.1 Å². The van der Waals surface area contributed by atoms with Gasteiger partial charge >= 0.3 is 6.18 Å². The van der Waals surface area contributed by atoms with Crippen LogP contribution in [0.5, 0.6) is 0 Å². The van der Waals surface area contributed by atoms with Crippen molar-refractivity contribution in [2.24, 2.45) is 0 Å². The van der Waals surface area contributed by atoms with Gasteiger partial charge < -0.3 is 5.32 Å². The summed E-state index contributed by atoms with van der Waals surface area (Å²) in [6.07, 6.45) is -4.27. The van der Waals surface area contributed by atoms with Crippen LogP contribution in [0.1, 0.15) is 22.3 Å². The van der Waals surface area contributed by atoms with Gasteiger partial charge in [0.1, 0.15) is 0 Å². The molecule has 0 saturated heterocycles. The zero-order chi connectivity index (χ0) is 18.3. The predicted octanol–water partition coefficient (Wildman–Crippen LogP) is 4.61. The monoisotopic (exact) mass is 367 g/mol. The summed E-state index contributed by atoms with van der Waals surface area (Å²) in [5.41, 5.74) is 2.33. The van der Waals surface area contributed by atoms with Crippen LogP contribution in [0.25, 0.3) is 0 Å². The van der Waals surface area contributed by atoms with Crippen molar-refractivity contribution in [2.75, 3.05) is 12.3 Å². The molecule has 134 valence electrons. The maximum Gasteiger partial charge on any atom is 0.416 e. The van der Waals surface area contributed by atoms with Gasteiger partial charge in [-0.2, -0.15) is 24.9 Å². The first-order valence-electron chi connectivity index (χ1n) is 7.91. The van der Waals surface area contributed by atoms with Gasteiger partial charge in [0.15, 0.2) is 0 Å². The van der Waals surface area contributed by atoms with E-state index in [9.17, 15) is 18.0 Å². The Bertz CT molecular complexity index is 681. The SMILES string of the molecule is Cc1ccc(CSCCNC(=O)Cc2ccc(C(F)(F)F)cc2)cc1. The van der Waals surface area contributed by atoms with E-state index in [1.807, 2.05) is 6.92 Å². The van der Waals surface area contributed by atoms with Crippen molar-refractivity contribution in [1.29, 1.82) is 0 Å². The van der Waals surface area contributed by atoms with Crippen LogP contribution in [-0.2, 0) is 23.1 Å². The third-order valence-corrected chi connectivity index (χ3v) is 4.63. The Kier molecular flexibility index (Phi) is 6.93. The number of rotatable bonds is 7. The molecule has 2 rings (SSSR count). The van der Waals surface area contributed by atoms with Gasteiger partial charge in [-0.05, 0) is 30.2 Å². The number of nitrogens with one attached hydrogen (secondary N) is 1. The van der Waals surface area contributed by atoms with E-state index in [1.165, 1.54) is 23.3 Å². The van der Waals surface area contributed by atoms with Crippen LogP contribution < -0.4 is 5.32 Å². The second-order valence-electron chi connectivity index (χ2n) is 5.76. The largest absolute Gasteiger partial charge is 0.416 e. The van der Waals surface area contributed by atoms with Crippen LogP contribution in [0.4, 0.5) is 13.2 Å².